The van der Waals surface area contributed by atoms with Gasteiger partial charge in [-0.2, -0.15) is 0 Å². The first-order chi connectivity index (χ1) is 7.19. The minimum atomic E-state index is -0.477. The van der Waals surface area contributed by atoms with E-state index in [9.17, 15) is 9.59 Å². The number of esters is 2. The Morgan fingerprint density at radius 3 is 1.80 bits per heavy atom. The Hall–Kier alpha value is -1.72. The molecule has 0 aromatic rings. The number of hydrogen-bond donors (Lipinski definition) is 0. The van der Waals surface area contributed by atoms with Gasteiger partial charge in [0.15, 0.2) is 11.4 Å². The van der Waals surface area contributed by atoms with Crippen molar-refractivity contribution in [2.24, 2.45) is 22.0 Å². The Kier molecular flexibility index (Phi) is 2.26. The summed E-state index contributed by atoms with van der Waals surface area (Å²) in [5.74, 6) is -1.00. The highest BCUT2D eigenvalue weighted by molar-refractivity contribution is 6.44. The predicted molar refractivity (Wildman–Crippen MR) is 50.5 cm³/mol. The predicted octanol–water partition coefficient (Wildman–Crippen LogP) is -0.221. The molecule has 6 heteroatoms. The Bertz CT molecular complexity index is 350. The van der Waals surface area contributed by atoms with Crippen LogP contribution in [0.3, 0.4) is 0 Å². The molecule has 1 saturated carbocycles. The van der Waals surface area contributed by atoms with E-state index in [0.717, 1.165) is 0 Å². The highest BCUT2D eigenvalue weighted by Gasteiger charge is 2.51. The summed E-state index contributed by atoms with van der Waals surface area (Å²) in [6.45, 7) is 0. The lowest BCUT2D eigenvalue weighted by Crippen LogP contribution is -2.27. The molecule has 1 heterocycles. The first kappa shape index (κ1) is 9.82. The largest absolute Gasteiger partial charge is 0.464 e. The van der Waals surface area contributed by atoms with Crippen molar-refractivity contribution < 1.29 is 19.1 Å². The van der Waals surface area contributed by atoms with Gasteiger partial charge in [-0.15, -0.1) is 10.2 Å². The Morgan fingerprint density at radius 2 is 1.47 bits per heavy atom. The molecule has 0 bridgehead atoms. The van der Waals surface area contributed by atoms with Crippen molar-refractivity contribution in [3.63, 3.8) is 0 Å². The van der Waals surface area contributed by atoms with Gasteiger partial charge in [0, 0.05) is 11.8 Å². The number of carbonyl (C=O) groups is 2. The molecule has 0 aromatic heterocycles. The minimum absolute atomic E-state index is 0.0240. The number of rotatable bonds is 2. The van der Waals surface area contributed by atoms with E-state index in [1.54, 1.807) is 0 Å². The van der Waals surface area contributed by atoms with Crippen molar-refractivity contribution in [1.82, 2.24) is 0 Å². The van der Waals surface area contributed by atoms with Crippen LogP contribution in [-0.2, 0) is 19.1 Å². The van der Waals surface area contributed by atoms with E-state index in [2.05, 4.69) is 19.7 Å². The third-order valence-corrected chi connectivity index (χ3v) is 2.55. The van der Waals surface area contributed by atoms with Crippen molar-refractivity contribution >= 4 is 23.4 Å². The summed E-state index contributed by atoms with van der Waals surface area (Å²) in [6, 6.07) is 0. The van der Waals surface area contributed by atoms with Gasteiger partial charge < -0.3 is 9.47 Å². The molecule has 1 aliphatic heterocycles. The second-order valence-electron chi connectivity index (χ2n) is 3.40. The SMILES string of the molecule is COC(=O)C1=NN=C(C(=O)OC)C2CC12. The number of ether oxygens (including phenoxy) is 2. The summed E-state index contributed by atoms with van der Waals surface area (Å²) in [5.41, 5.74) is 0.602. The Morgan fingerprint density at radius 1 is 1.07 bits per heavy atom. The van der Waals surface area contributed by atoms with E-state index in [-0.39, 0.29) is 11.8 Å². The summed E-state index contributed by atoms with van der Waals surface area (Å²) >= 11 is 0. The number of fused-ring (bicyclic) bond motifs is 1. The maximum absolute atomic E-state index is 11.2. The highest BCUT2D eigenvalue weighted by Crippen LogP contribution is 2.43. The molecule has 1 aliphatic carbocycles. The average Bonchev–Trinajstić information content (AvgIpc) is 3.05. The topological polar surface area (TPSA) is 77.3 Å². The molecule has 0 spiro atoms. The molecule has 2 aliphatic rings. The van der Waals surface area contributed by atoms with Crippen molar-refractivity contribution in [2.75, 3.05) is 14.2 Å². The van der Waals surface area contributed by atoms with E-state index >= 15 is 0 Å². The normalized spacial score (nSPS) is 27.1. The van der Waals surface area contributed by atoms with Gasteiger partial charge in [-0.1, -0.05) is 0 Å². The smallest absolute Gasteiger partial charge is 0.354 e. The zero-order valence-electron chi connectivity index (χ0n) is 8.39. The van der Waals surface area contributed by atoms with Gasteiger partial charge in [0.2, 0.25) is 0 Å². The van der Waals surface area contributed by atoms with Gasteiger partial charge in [0.05, 0.1) is 14.2 Å². The molecule has 0 amide bonds. The molecule has 80 valence electrons. The third-order valence-electron chi connectivity index (χ3n) is 2.55. The van der Waals surface area contributed by atoms with Crippen molar-refractivity contribution in [3.8, 4) is 0 Å². The fourth-order valence-corrected chi connectivity index (χ4v) is 1.65. The van der Waals surface area contributed by atoms with Crippen LogP contribution in [0.15, 0.2) is 10.2 Å². The molecule has 2 unspecified atom stereocenters. The molecule has 2 atom stereocenters. The second kappa shape index (κ2) is 3.45. The molecular formula is C9H10N2O4. The number of nitrogens with zero attached hydrogens (tertiary/aromatic N) is 2. The van der Waals surface area contributed by atoms with Crippen LogP contribution in [0.2, 0.25) is 0 Å². The van der Waals surface area contributed by atoms with Crippen molar-refractivity contribution in [1.29, 1.82) is 0 Å². The van der Waals surface area contributed by atoms with Crippen LogP contribution in [0.5, 0.6) is 0 Å². The quantitative estimate of drug-likeness (QED) is 0.590. The second-order valence-corrected chi connectivity index (χ2v) is 3.40. The van der Waals surface area contributed by atoms with Gasteiger partial charge in [0.1, 0.15) is 0 Å². The monoisotopic (exact) mass is 210 g/mol. The summed E-state index contributed by atoms with van der Waals surface area (Å²) in [6.07, 6.45) is 0.710. The fourth-order valence-electron chi connectivity index (χ4n) is 1.65. The number of carbonyl (C=O) groups excluding carboxylic acids is 2. The van der Waals surface area contributed by atoms with Crippen molar-refractivity contribution in [3.05, 3.63) is 0 Å². The Labute approximate surface area is 86.0 Å². The highest BCUT2D eigenvalue weighted by atomic mass is 16.5. The maximum atomic E-state index is 11.2. The average molecular weight is 210 g/mol. The van der Waals surface area contributed by atoms with Crippen LogP contribution in [0.1, 0.15) is 6.42 Å². The van der Waals surface area contributed by atoms with Crippen molar-refractivity contribution in [2.45, 2.75) is 6.42 Å². The van der Waals surface area contributed by atoms with Crippen LogP contribution in [0.4, 0.5) is 0 Å². The van der Waals surface area contributed by atoms with E-state index in [1.807, 2.05) is 0 Å². The molecule has 0 radical (unpaired) electrons. The molecular weight excluding hydrogens is 200 g/mol. The molecule has 0 N–H and O–H groups in total. The molecule has 15 heavy (non-hydrogen) atoms. The lowest BCUT2D eigenvalue weighted by atomic mass is 10.1. The Balaban J connectivity index is 2.22. The van der Waals surface area contributed by atoms with Crippen LogP contribution in [-0.4, -0.2) is 37.6 Å². The third kappa shape index (κ3) is 1.51. The summed E-state index contributed by atoms with van der Waals surface area (Å²) in [5, 5.41) is 7.41. The first-order valence-corrected chi connectivity index (χ1v) is 4.51. The molecule has 6 nitrogen and oxygen atoms in total. The first-order valence-electron chi connectivity index (χ1n) is 4.51. The summed E-state index contributed by atoms with van der Waals surface area (Å²) < 4.78 is 9.11. The van der Waals surface area contributed by atoms with E-state index in [4.69, 9.17) is 0 Å². The number of methoxy groups -OCH3 is 2. The van der Waals surface area contributed by atoms with Gasteiger partial charge in [-0.3, -0.25) is 0 Å². The van der Waals surface area contributed by atoms with Gasteiger partial charge in [-0.25, -0.2) is 9.59 Å². The molecule has 0 aromatic carbocycles. The van der Waals surface area contributed by atoms with Crippen LogP contribution in [0, 0.1) is 11.8 Å². The van der Waals surface area contributed by atoms with Crippen LogP contribution in [0.25, 0.3) is 0 Å². The van der Waals surface area contributed by atoms with Crippen LogP contribution < -0.4 is 0 Å². The zero-order chi connectivity index (χ0) is 11.0. The molecule has 2 rings (SSSR count). The summed E-state index contributed by atoms with van der Waals surface area (Å²) in [7, 11) is 2.59. The minimum Gasteiger partial charge on any atom is -0.464 e. The zero-order valence-corrected chi connectivity index (χ0v) is 8.39. The standard InChI is InChI=1S/C9H10N2O4/c1-14-8(12)6-4-3-5(4)7(11-10-6)9(13)15-2/h4-5H,3H2,1-2H3. The van der Waals surface area contributed by atoms with E-state index < -0.39 is 11.9 Å². The fraction of sp³-hybridized carbons (Fsp3) is 0.556. The van der Waals surface area contributed by atoms with Gasteiger partial charge >= 0.3 is 11.9 Å². The lowest BCUT2D eigenvalue weighted by Gasteiger charge is -2.07. The van der Waals surface area contributed by atoms with Gasteiger partial charge in [0.25, 0.3) is 0 Å². The van der Waals surface area contributed by atoms with E-state index in [0.29, 0.717) is 17.8 Å². The lowest BCUT2D eigenvalue weighted by molar-refractivity contribution is -0.134. The summed E-state index contributed by atoms with van der Waals surface area (Å²) in [4.78, 5) is 22.4. The maximum Gasteiger partial charge on any atom is 0.354 e. The molecule has 1 fully saturated rings. The number of hydrogen-bond acceptors (Lipinski definition) is 6. The van der Waals surface area contributed by atoms with E-state index in [1.165, 1.54) is 14.2 Å². The van der Waals surface area contributed by atoms with Crippen LogP contribution >= 0.6 is 0 Å². The van der Waals surface area contributed by atoms with Gasteiger partial charge in [-0.05, 0) is 6.42 Å². The molecule has 0 saturated heterocycles.